The van der Waals surface area contributed by atoms with Gasteiger partial charge in [0.25, 0.3) is 0 Å². The van der Waals surface area contributed by atoms with Gasteiger partial charge in [0.2, 0.25) is 0 Å². The Kier molecular flexibility index (Phi) is 2.97. The topological polar surface area (TPSA) is 29.5 Å². The number of esters is 1. The lowest BCUT2D eigenvalue weighted by Crippen LogP contribution is -2.38. The average molecular weight is 211 g/mol. The fraction of sp³-hybridized carbons (Fsp3) is 0.750. The summed E-state index contributed by atoms with van der Waals surface area (Å²) in [6, 6.07) is 0. The Morgan fingerprint density at radius 2 is 2.07 bits per heavy atom. The third kappa shape index (κ3) is 2.59. The smallest absolute Gasteiger partial charge is 0.317 e. The molecule has 1 saturated heterocycles. The SMILES string of the molecule is C=C1CN(C)C[C@]1(C)C(=O)OC(C)(C)C. The van der Waals surface area contributed by atoms with Crippen LogP contribution in [0.25, 0.3) is 0 Å². The Bertz CT molecular complexity index is 290. The Hall–Kier alpha value is -0.830. The van der Waals surface area contributed by atoms with E-state index in [4.69, 9.17) is 4.74 Å². The van der Waals surface area contributed by atoms with Crippen LogP contribution in [0.3, 0.4) is 0 Å². The van der Waals surface area contributed by atoms with E-state index in [1.165, 1.54) is 0 Å². The minimum absolute atomic E-state index is 0.163. The summed E-state index contributed by atoms with van der Waals surface area (Å²) in [5.41, 5.74) is -0.0249. The first-order valence-corrected chi connectivity index (χ1v) is 5.25. The first-order chi connectivity index (χ1) is 6.65. The first-order valence-electron chi connectivity index (χ1n) is 5.25. The Labute approximate surface area is 92.1 Å². The van der Waals surface area contributed by atoms with Crippen molar-refractivity contribution in [2.45, 2.75) is 33.3 Å². The zero-order chi connectivity index (χ0) is 11.9. The molecular formula is C12H21NO2. The summed E-state index contributed by atoms with van der Waals surface area (Å²) in [6.45, 7) is 13.0. The minimum atomic E-state index is -0.540. The van der Waals surface area contributed by atoms with Crippen LogP contribution in [0.1, 0.15) is 27.7 Å². The van der Waals surface area contributed by atoms with Crippen LogP contribution < -0.4 is 0 Å². The standard InChI is InChI=1S/C12H21NO2/c1-9-7-13(6)8-12(9,5)10(14)15-11(2,3)4/h1,7-8H2,2-6H3/t12-/m0/s1. The highest BCUT2D eigenvalue weighted by Gasteiger charge is 2.44. The van der Waals surface area contributed by atoms with E-state index in [-0.39, 0.29) is 5.97 Å². The van der Waals surface area contributed by atoms with E-state index >= 15 is 0 Å². The summed E-state index contributed by atoms with van der Waals surface area (Å²) >= 11 is 0. The molecule has 3 heteroatoms. The predicted molar refractivity (Wildman–Crippen MR) is 60.6 cm³/mol. The van der Waals surface area contributed by atoms with Gasteiger partial charge in [-0.15, -0.1) is 0 Å². The van der Waals surface area contributed by atoms with Crippen LogP contribution in [-0.4, -0.2) is 36.6 Å². The van der Waals surface area contributed by atoms with E-state index in [9.17, 15) is 4.79 Å². The van der Waals surface area contributed by atoms with Crippen LogP contribution in [0.5, 0.6) is 0 Å². The van der Waals surface area contributed by atoms with Crippen LogP contribution in [0, 0.1) is 5.41 Å². The molecule has 0 aliphatic carbocycles. The van der Waals surface area contributed by atoms with Gasteiger partial charge in [0, 0.05) is 13.1 Å². The van der Waals surface area contributed by atoms with Crippen LogP contribution >= 0.6 is 0 Å². The van der Waals surface area contributed by atoms with Gasteiger partial charge in [-0.05, 0) is 40.3 Å². The summed E-state index contributed by atoms with van der Waals surface area (Å²) < 4.78 is 5.42. The zero-order valence-corrected chi connectivity index (χ0v) is 10.4. The second-order valence-corrected chi connectivity index (χ2v) is 5.61. The number of hydrogen-bond donors (Lipinski definition) is 0. The van der Waals surface area contributed by atoms with Gasteiger partial charge in [-0.3, -0.25) is 4.79 Å². The fourth-order valence-corrected chi connectivity index (χ4v) is 1.81. The lowest BCUT2D eigenvalue weighted by molar-refractivity contribution is -0.163. The zero-order valence-electron chi connectivity index (χ0n) is 10.4. The monoisotopic (exact) mass is 211 g/mol. The van der Waals surface area contributed by atoms with Crippen LogP contribution in [-0.2, 0) is 9.53 Å². The third-order valence-corrected chi connectivity index (χ3v) is 2.68. The number of likely N-dealkylation sites (N-methyl/N-ethyl adjacent to an activating group) is 1. The minimum Gasteiger partial charge on any atom is -0.459 e. The van der Waals surface area contributed by atoms with E-state index in [1.807, 2.05) is 34.7 Å². The van der Waals surface area contributed by atoms with Crippen molar-refractivity contribution in [1.82, 2.24) is 4.90 Å². The number of hydrogen-bond acceptors (Lipinski definition) is 3. The molecule has 1 aliphatic rings. The van der Waals surface area contributed by atoms with E-state index in [0.29, 0.717) is 6.54 Å². The molecule has 0 amide bonds. The summed E-state index contributed by atoms with van der Waals surface area (Å²) in [5.74, 6) is -0.163. The first kappa shape index (κ1) is 12.2. The molecule has 0 unspecified atom stereocenters. The average Bonchev–Trinajstić information content (AvgIpc) is 2.23. The van der Waals surface area contributed by atoms with E-state index < -0.39 is 11.0 Å². The molecule has 0 spiro atoms. The molecule has 0 saturated carbocycles. The van der Waals surface area contributed by atoms with Crippen molar-refractivity contribution in [2.24, 2.45) is 5.41 Å². The van der Waals surface area contributed by atoms with Crippen molar-refractivity contribution < 1.29 is 9.53 Å². The number of likely N-dealkylation sites (tertiary alicyclic amines) is 1. The summed E-state index contributed by atoms with van der Waals surface area (Å²) in [7, 11) is 1.99. The highest BCUT2D eigenvalue weighted by Crippen LogP contribution is 2.35. The maximum absolute atomic E-state index is 12.0. The van der Waals surface area contributed by atoms with Crippen LogP contribution in [0.15, 0.2) is 12.2 Å². The summed E-state index contributed by atoms with van der Waals surface area (Å²) in [6.07, 6.45) is 0. The Morgan fingerprint density at radius 1 is 1.53 bits per heavy atom. The van der Waals surface area contributed by atoms with Crippen molar-refractivity contribution in [1.29, 1.82) is 0 Å². The van der Waals surface area contributed by atoms with Crippen molar-refractivity contribution in [3.8, 4) is 0 Å². The molecule has 3 nitrogen and oxygen atoms in total. The van der Waals surface area contributed by atoms with Crippen molar-refractivity contribution >= 4 is 5.97 Å². The van der Waals surface area contributed by atoms with Crippen molar-refractivity contribution in [2.75, 3.05) is 20.1 Å². The van der Waals surface area contributed by atoms with Gasteiger partial charge in [0.05, 0.1) is 5.41 Å². The predicted octanol–water partition coefficient (Wildman–Crippen LogP) is 1.84. The van der Waals surface area contributed by atoms with Gasteiger partial charge in [-0.1, -0.05) is 6.58 Å². The summed E-state index contributed by atoms with van der Waals surface area (Å²) in [5, 5.41) is 0. The molecule has 1 heterocycles. The molecule has 15 heavy (non-hydrogen) atoms. The Balaban J connectivity index is 2.79. The second kappa shape index (κ2) is 3.63. The maximum Gasteiger partial charge on any atom is 0.317 e. The second-order valence-electron chi connectivity index (χ2n) is 5.61. The van der Waals surface area contributed by atoms with Gasteiger partial charge in [0.15, 0.2) is 0 Å². The van der Waals surface area contributed by atoms with Gasteiger partial charge in [-0.2, -0.15) is 0 Å². The van der Waals surface area contributed by atoms with Crippen molar-refractivity contribution in [3.63, 3.8) is 0 Å². The Morgan fingerprint density at radius 3 is 2.40 bits per heavy atom. The lowest BCUT2D eigenvalue weighted by Gasteiger charge is -2.28. The number of carbonyl (C=O) groups is 1. The van der Waals surface area contributed by atoms with Gasteiger partial charge < -0.3 is 9.64 Å². The molecule has 1 aliphatic heterocycles. The molecule has 1 fully saturated rings. The maximum atomic E-state index is 12.0. The number of rotatable bonds is 1. The molecule has 0 radical (unpaired) electrons. The van der Waals surface area contributed by atoms with Gasteiger partial charge >= 0.3 is 5.97 Å². The van der Waals surface area contributed by atoms with Crippen molar-refractivity contribution in [3.05, 3.63) is 12.2 Å². The van der Waals surface area contributed by atoms with Gasteiger partial charge in [-0.25, -0.2) is 0 Å². The normalized spacial score (nSPS) is 28.2. The van der Waals surface area contributed by atoms with E-state index in [1.54, 1.807) is 0 Å². The number of ether oxygens (including phenoxy) is 1. The van der Waals surface area contributed by atoms with E-state index in [0.717, 1.165) is 12.1 Å². The molecule has 0 bridgehead atoms. The van der Waals surface area contributed by atoms with Gasteiger partial charge in [0.1, 0.15) is 5.60 Å². The molecular weight excluding hydrogens is 190 g/mol. The molecule has 0 aromatic heterocycles. The molecule has 1 rings (SSSR count). The van der Waals surface area contributed by atoms with Crippen LogP contribution in [0.4, 0.5) is 0 Å². The fourth-order valence-electron chi connectivity index (χ4n) is 1.81. The summed E-state index contributed by atoms with van der Waals surface area (Å²) in [4.78, 5) is 14.1. The quantitative estimate of drug-likeness (QED) is 0.489. The largest absolute Gasteiger partial charge is 0.459 e. The molecule has 0 aromatic carbocycles. The molecule has 0 aromatic rings. The van der Waals surface area contributed by atoms with Crippen LogP contribution in [0.2, 0.25) is 0 Å². The van der Waals surface area contributed by atoms with E-state index in [2.05, 4.69) is 11.5 Å². The lowest BCUT2D eigenvalue weighted by atomic mass is 9.86. The number of nitrogens with zero attached hydrogens (tertiary/aromatic N) is 1. The molecule has 86 valence electrons. The molecule has 0 N–H and O–H groups in total. The molecule has 1 atom stereocenters. The third-order valence-electron chi connectivity index (χ3n) is 2.68. The highest BCUT2D eigenvalue weighted by atomic mass is 16.6. The highest BCUT2D eigenvalue weighted by molar-refractivity contribution is 5.81. The number of carbonyl (C=O) groups excluding carboxylic acids is 1.